The van der Waals surface area contributed by atoms with Crippen LogP contribution in [0, 0.1) is 5.82 Å². The first-order chi connectivity index (χ1) is 9.70. The van der Waals surface area contributed by atoms with Gasteiger partial charge in [-0.2, -0.15) is 5.10 Å². The molecule has 5 heteroatoms. The van der Waals surface area contributed by atoms with Gasteiger partial charge in [-0.3, -0.25) is 9.89 Å². The maximum absolute atomic E-state index is 13.0. The molecule has 3 aromatic rings. The number of nitrogens with one attached hydrogen (secondary N) is 2. The molecule has 2 aromatic carbocycles. The zero-order valence-corrected chi connectivity index (χ0v) is 10.6. The number of rotatable bonds is 3. The summed E-state index contributed by atoms with van der Waals surface area (Å²) in [6, 6.07) is 11.5. The molecule has 100 valence electrons. The summed E-state index contributed by atoms with van der Waals surface area (Å²) in [7, 11) is 0. The molecule has 20 heavy (non-hydrogen) atoms. The maximum Gasteiger partial charge on any atom is 0.228 e. The second-order valence-corrected chi connectivity index (χ2v) is 4.53. The lowest BCUT2D eigenvalue weighted by Crippen LogP contribution is -2.14. The molecule has 0 atom stereocenters. The van der Waals surface area contributed by atoms with E-state index >= 15 is 0 Å². The number of benzene rings is 2. The highest BCUT2D eigenvalue weighted by molar-refractivity contribution is 5.94. The Morgan fingerprint density at radius 3 is 3.00 bits per heavy atom. The largest absolute Gasteiger partial charge is 0.326 e. The molecule has 3 rings (SSSR count). The van der Waals surface area contributed by atoms with E-state index in [2.05, 4.69) is 15.5 Å². The lowest BCUT2D eigenvalue weighted by molar-refractivity contribution is -0.115. The molecular formula is C15H12FN3O. The van der Waals surface area contributed by atoms with Crippen molar-refractivity contribution in [1.29, 1.82) is 0 Å². The number of fused-ring (bicyclic) bond motifs is 1. The van der Waals surface area contributed by atoms with Crippen LogP contribution in [-0.2, 0) is 11.2 Å². The smallest absolute Gasteiger partial charge is 0.228 e. The standard InChI is InChI=1S/C15H12FN3O/c16-12-3-1-2-10(6-12)7-15(20)18-13-4-5-14-11(8-13)9-17-19-14/h1-6,8-9H,7H2,(H,17,19)(H,18,20). The van der Waals surface area contributed by atoms with Gasteiger partial charge in [0.15, 0.2) is 0 Å². The van der Waals surface area contributed by atoms with Gasteiger partial charge in [-0.1, -0.05) is 12.1 Å². The van der Waals surface area contributed by atoms with Crippen molar-refractivity contribution in [3.8, 4) is 0 Å². The van der Waals surface area contributed by atoms with Gasteiger partial charge in [-0.15, -0.1) is 0 Å². The van der Waals surface area contributed by atoms with Crippen LogP contribution in [0.5, 0.6) is 0 Å². The van der Waals surface area contributed by atoms with Crippen LogP contribution in [0.15, 0.2) is 48.7 Å². The average Bonchev–Trinajstić information content (AvgIpc) is 2.86. The van der Waals surface area contributed by atoms with Crippen molar-refractivity contribution in [2.45, 2.75) is 6.42 Å². The summed E-state index contributed by atoms with van der Waals surface area (Å²) < 4.78 is 13.0. The first kappa shape index (κ1) is 12.3. The van der Waals surface area contributed by atoms with Crippen LogP contribution >= 0.6 is 0 Å². The summed E-state index contributed by atoms with van der Waals surface area (Å²) in [5.74, 6) is -0.520. The SMILES string of the molecule is O=C(Cc1cccc(F)c1)Nc1ccc2[nH]ncc2c1. The number of carbonyl (C=O) groups is 1. The normalized spacial score (nSPS) is 10.7. The number of hydrogen-bond acceptors (Lipinski definition) is 2. The Morgan fingerprint density at radius 1 is 1.25 bits per heavy atom. The van der Waals surface area contributed by atoms with E-state index < -0.39 is 0 Å². The Labute approximate surface area is 114 Å². The summed E-state index contributed by atoms with van der Waals surface area (Å²) in [6.45, 7) is 0. The van der Waals surface area contributed by atoms with E-state index in [0.717, 1.165) is 10.9 Å². The zero-order valence-electron chi connectivity index (χ0n) is 10.6. The third-order valence-electron chi connectivity index (χ3n) is 2.98. The van der Waals surface area contributed by atoms with Crippen LogP contribution in [0.3, 0.4) is 0 Å². The zero-order chi connectivity index (χ0) is 13.9. The summed E-state index contributed by atoms with van der Waals surface area (Å²) in [5, 5.41) is 10.5. The Morgan fingerprint density at radius 2 is 2.15 bits per heavy atom. The summed E-state index contributed by atoms with van der Waals surface area (Å²) in [4.78, 5) is 11.9. The monoisotopic (exact) mass is 269 g/mol. The summed E-state index contributed by atoms with van der Waals surface area (Å²) in [6.07, 6.45) is 1.83. The van der Waals surface area contributed by atoms with Crippen molar-refractivity contribution in [2.24, 2.45) is 0 Å². The number of aromatic amines is 1. The van der Waals surface area contributed by atoms with Gasteiger partial charge in [0.25, 0.3) is 0 Å². The van der Waals surface area contributed by atoms with E-state index in [1.54, 1.807) is 24.4 Å². The van der Waals surface area contributed by atoms with E-state index in [1.165, 1.54) is 12.1 Å². The molecule has 0 aliphatic rings. The Kier molecular flexibility index (Phi) is 3.16. The van der Waals surface area contributed by atoms with Gasteiger partial charge in [-0.05, 0) is 35.9 Å². The Balaban J connectivity index is 1.72. The lowest BCUT2D eigenvalue weighted by Gasteiger charge is -2.05. The van der Waals surface area contributed by atoms with Crippen molar-refractivity contribution in [2.75, 3.05) is 5.32 Å². The molecule has 0 unspecified atom stereocenters. The van der Waals surface area contributed by atoms with Gasteiger partial charge in [-0.25, -0.2) is 4.39 Å². The topological polar surface area (TPSA) is 57.8 Å². The minimum absolute atomic E-state index is 0.140. The van der Waals surface area contributed by atoms with Crippen molar-refractivity contribution < 1.29 is 9.18 Å². The highest BCUT2D eigenvalue weighted by Gasteiger charge is 2.06. The highest BCUT2D eigenvalue weighted by Crippen LogP contribution is 2.17. The minimum atomic E-state index is -0.338. The molecule has 0 bridgehead atoms. The lowest BCUT2D eigenvalue weighted by atomic mass is 10.1. The molecule has 1 amide bonds. The second-order valence-electron chi connectivity index (χ2n) is 4.53. The van der Waals surface area contributed by atoms with Crippen LogP contribution in [0.4, 0.5) is 10.1 Å². The first-order valence-corrected chi connectivity index (χ1v) is 6.18. The summed E-state index contributed by atoms with van der Waals surface area (Å²) >= 11 is 0. The molecule has 1 heterocycles. The minimum Gasteiger partial charge on any atom is -0.326 e. The molecule has 0 saturated carbocycles. The summed E-state index contributed by atoms with van der Waals surface area (Å²) in [5.41, 5.74) is 2.25. The Hall–Kier alpha value is -2.69. The molecule has 2 N–H and O–H groups in total. The van der Waals surface area contributed by atoms with Gasteiger partial charge in [0, 0.05) is 11.1 Å². The number of aromatic nitrogens is 2. The van der Waals surface area contributed by atoms with E-state index in [0.29, 0.717) is 11.3 Å². The third-order valence-corrected chi connectivity index (χ3v) is 2.98. The van der Waals surface area contributed by atoms with Crippen molar-refractivity contribution in [3.05, 3.63) is 60.0 Å². The molecule has 0 aliphatic carbocycles. The highest BCUT2D eigenvalue weighted by atomic mass is 19.1. The molecule has 4 nitrogen and oxygen atoms in total. The molecule has 0 radical (unpaired) electrons. The van der Waals surface area contributed by atoms with E-state index in [9.17, 15) is 9.18 Å². The number of nitrogens with zero attached hydrogens (tertiary/aromatic N) is 1. The number of amides is 1. The van der Waals surface area contributed by atoms with Gasteiger partial charge < -0.3 is 5.32 Å². The third kappa shape index (κ3) is 2.66. The van der Waals surface area contributed by atoms with Crippen LogP contribution in [-0.4, -0.2) is 16.1 Å². The van der Waals surface area contributed by atoms with Crippen LogP contribution in [0.25, 0.3) is 10.9 Å². The molecule has 0 spiro atoms. The van der Waals surface area contributed by atoms with E-state index in [-0.39, 0.29) is 18.1 Å². The fourth-order valence-corrected chi connectivity index (χ4v) is 2.06. The maximum atomic E-state index is 13.0. The fourth-order valence-electron chi connectivity index (χ4n) is 2.06. The number of hydrogen-bond donors (Lipinski definition) is 2. The second kappa shape index (κ2) is 5.13. The van der Waals surface area contributed by atoms with Gasteiger partial charge in [0.1, 0.15) is 5.82 Å². The Bertz CT molecular complexity index is 766. The predicted octanol–water partition coefficient (Wildman–Crippen LogP) is 2.88. The van der Waals surface area contributed by atoms with Crippen molar-refractivity contribution >= 4 is 22.5 Å². The first-order valence-electron chi connectivity index (χ1n) is 6.18. The van der Waals surface area contributed by atoms with E-state index in [4.69, 9.17) is 0 Å². The van der Waals surface area contributed by atoms with Crippen LogP contribution in [0.2, 0.25) is 0 Å². The van der Waals surface area contributed by atoms with Gasteiger partial charge >= 0.3 is 0 Å². The van der Waals surface area contributed by atoms with Crippen molar-refractivity contribution in [3.63, 3.8) is 0 Å². The molecule has 0 fully saturated rings. The molecule has 0 aliphatic heterocycles. The quantitative estimate of drug-likeness (QED) is 0.768. The fraction of sp³-hybridized carbons (Fsp3) is 0.0667. The number of halogens is 1. The van der Waals surface area contributed by atoms with Crippen LogP contribution in [0.1, 0.15) is 5.56 Å². The molecular weight excluding hydrogens is 257 g/mol. The number of anilines is 1. The number of carbonyl (C=O) groups excluding carboxylic acids is 1. The molecule has 1 aromatic heterocycles. The van der Waals surface area contributed by atoms with Crippen molar-refractivity contribution in [1.82, 2.24) is 10.2 Å². The predicted molar refractivity (Wildman–Crippen MR) is 74.8 cm³/mol. The van der Waals surface area contributed by atoms with Crippen LogP contribution < -0.4 is 5.32 Å². The van der Waals surface area contributed by atoms with Gasteiger partial charge in [0.2, 0.25) is 5.91 Å². The van der Waals surface area contributed by atoms with E-state index in [1.807, 2.05) is 12.1 Å². The molecule has 0 saturated heterocycles. The van der Waals surface area contributed by atoms with Gasteiger partial charge in [0.05, 0.1) is 18.1 Å². The number of H-pyrrole nitrogens is 1. The average molecular weight is 269 g/mol.